The molecule has 0 radical (unpaired) electrons. The molecular formula is C22H11BrClF3N2O3. The number of methoxy groups -OCH3 is 1. The Morgan fingerprint density at radius 1 is 1.00 bits per heavy atom. The Bertz CT molecular complexity index is 1400. The molecule has 5 nitrogen and oxygen atoms in total. The van der Waals surface area contributed by atoms with E-state index in [1.807, 2.05) is 0 Å². The highest BCUT2D eigenvalue weighted by atomic mass is 79.9. The summed E-state index contributed by atoms with van der Waals surface area (Å²) in [7, 11) is 1.26. The van der Waals surface area contributed by atoms with Crippen LogP contribution in [0.3, 0.4) is 0 Å². The van der Waals surface area contributed by atoms with E-state index >= 15 is 0 Å². The van der Waals surface area contributed by atoms with Crippen molar-refractivity contribution in [2.24, 2.45) is 0 Å². The predicted molar refractivity (Wildman–Crippen MR) is 115 cm³/mol. The molecule has 1 aromatic heterocycles. The van der Waals surface area contributed by atoms with Gasteiger partial charge in [-0.2, -0.15) is 9.78 Å². The normalized spacial score (nSPS) is 11.1. The summed E-state index contributed by atoms with van der Waals surface area (Å²) in [6, 6.07) is 12.0. The summed E-state index contributed by atoms with van der Waals surface area (Å²) in [5.74, 6) is -6.66. The molecule has 0 aliphatic carbocycles. The molecule has 0 amide bonds. The smallest absolute Gasteiger partial charge is 0.337 e. The maximum atomic E-state index is 14.4. The first-order valence-electron chi connectivity index (χ1n) is 8.97. The molecule has 3 aromatic carbocycles. The van der Waals surface area contributed by atoms with E-state index in [9.17, 15) is 22.8 Å². The number of ether oxygens (including phenoxy) is 1. The monoisotopic (exact) mass is 522 g/mol. The van der Waals surface area contributed by atoms with Gasteiger partial charge in [0, 0.05) is 15.4 Å². The van der Waals surface area contributed by atoms with E-state index in [0.717, 1.165) is 4.68 Å². The Balaban J connectivity index is 1.90. The van der Waals surface area contributed by atoms with E-state index in [0.29, 0.717) is 32.7 Å². The minimum atomic E-state index is -1.85. The number of hydrogen-bond acceptors (Lipinski definition) is 4. The van der Waals surface area contributed by atoms with Crippen molar-refractivity contribution in [2.45, 2.75) is 0 Å². The zero-order valence-corrected chi connectivity index (χ0v) is 18.5. The molecule has 0 bridgehead atoms. The summed E-state index contributed by atoms with van der Waals surface area (Å²) in [5.41, 5.74) is 0.742. The van der Waals surface area contributed by atoms with Gasteiger partial charge in [-0.1, -0.05) is 39.7 Å². The molecular weight excluding hydrogens is 513 g/mol. The molecule has 10 heteroatoms. The fourth-order valence-electron chi connectivity index (χ4n) is 3.18. The molecule has 0 spiro atoms. The van der Waals surface area contributed by atoms with Crippen LogP contribution in [0, 0.1) is 17.5 Å². The van der Waals surface area contributed by atoms with Crippen molar-refractivity contribution in [3.8, 4) is 11.3 Å². The molecule has 32 heavy (non-hydrogen) atoms. The second-order valence-corrected chi connectivity index (χ2v) is 7.97. The molecule has 0 fully saturated rings. The molecule has 0 aliphatic heterocycles. The Morgan fingerprint density at radius 2 is 1.69 bits per heavy atom. The summed E-state index contributed by atoms with van der Waals surface area (Å²) < 4.78 is 47.9. The fraction of sp³-hybridized carbons (Fsp3) is 0.0455. The zero-order valence-electron chi connectivity index (χ0n) is 16.1. The van der Waals surface area contributed by atoms with E-state index < -0.39 is 39.9 Å². The van der Waals surface area contributed by atoms with Gasteiger partial charge in [-0.3, -0.25) is 4.79 Å². The summed E-state index contributed by atoms with van der Waals surface area (Å²) in [5, 5.41) is 4.09. The molecule has 0 N–H and O–H groups in total. The van der Waals surface area contributed by atoms with E-state index in [2.05, 4.69) is 25.8 Å². The van der Waals surface area contributed by atoms with Crippen molar-refractivity contribution >= 4 is 50.3 Å². The van der Waals surface area contributed by atoms with Gasteiger partial charge in [0.2, 0.25) is 0 Å². The Labute approximate surface area is 192 Å². The van der Waals surface area contributed by atoms with E-state index in [1.165, 1.54) is 19.2 Å². The van der Waals surface area contributed by atoms with Gasteiger partial charge in [-0.25, -0.2) is 18.0 Å². The highest BCUT2D eigenvalue weighted by Gasteiger charge is 2.26. The van der Waals surface area contributed by atoms with Crippen LogP contribution >= 0.6 is 27.5 Å². The quantitative estimate of drug-likeness (QED) is 0.187. The first-order valence-corrected chi connectivity index (χ1v) is 10.1. The lowest BCUT2D eigenvalue weighted by molar-refractivity contribution is 0.0600. The highest BCUT2D eigenvalue weighted by molar-refractivity contribution is 9.10. The molecule has 0 saturated carbocycles. The molecule has 4 rings (SSSR count). The van der Waals surface area contributed by atoms with Crippen molar-refractivity contribution in [1.29, 1.82) is 0 Å². The van der Waals surface area contributed by atoms with E-state index in [4.69, 9.17) is 11.6 Å². The first-order chi connectivity index (χ1) is 15.2. The second kappa shape index (κ2) is 8.40. The van der Waals surface area contributed by atoms with Gasteiger partial charge in [0.1, 0.15) is 5.69 Å². The van der Waals surface area contributed by atoms with Gasteiger partial charge in [-0.15, -0.1) is 0 Å². The zero-order chi connectivity index (χ0) is 23.2. The number of esters is 1. The average Bonchev–Trinajstić information content (AvgIpc) is 3.17. The molecule has 0 aliphatic rings. The van der Waals surface area contributed by atoms with Crippen LogP contribution in [-0.2, 0) is 4.74 Å². The maximum Gasteiger partial charge on any atom is 0.337 e. The lowest BCUT2D eigenvalue weighted by Crippen LogP contribution is -2.17. The van der Waals surface area contributed by atoms with Gasteiger partial charge >= 0.3 is 5.97 Å². The number of aromatic nitrogens is 2. The molecule has 1 heterocycles. The molecule has 4 aromatic rings. The number of carbonyl (C=O) groups excluding carboxylic acids is 2. The minimum absolute atomic E-state index is 0.289. The van der Waals surface area contributed by atoms with Crippen molar-refractivity contribution in [3.63, 3.8) is 0 Å². The maximum absolute atomic E-state index is 14.4. The van der Waals surface area contributed by atoms with Crippen LogP contribution in [0.5, 0.6) is 0 Å². The number of nitrogens with zero attached hydrogens (tertiary/aromatic N) is 2. The number of rotatable bonds is 3. The number of hydrogen-bond donors (Lipinski definition) is 0. The van der Waals surface area contributed by atoms with Gasteiger partial charge in [-0.05, 0) is 36.4 Å². The van der Waals surface area contributed by atoms with Crippen molar-refractivity contribution in [1.82, 2.24) is 9.78 Å². The lowest BCUT2D eigenvalue weighted by Gasteiger charge is -2.07. The number of carbonyl (C=O) groups is 2. The third-order valence-corrected chi connectivity index (χ3v) is 5.52. The number of benzene rings is 3. The highest BCUT2D eigenvalue weighted by Crippen LogP contribution is 2.32. The summed E-state index contributed by atoms with van der Waals surface area (Å²) >= 11 is 8.92. The van der Waals surface area contributed by atoms with Crippen LogP contribution < -0.4 is 0 Å². The van der Waals surface area contributed by atoms with Crippen LogP contribution in [0.15, 0.2) is 53.0 Å². The van der Waals surface area contributed by atoms with Gasteiger partial charge < -0.3 is 4.74 Å². The fourth-order valence-corrected chi connectivity index (χ4v) is 3.72. The number of fused-ring (bicyclic) bond motifs is 1. The Hall–Kier alpha value is -3.17. The van der Waals surface area contributed by atoms with Gasteiger partial charge in [0.25, 0.3) is 5.91 Å². The molecule has 0 atom stereocenters. The summed E-state index contributed by atoms with van der Waals surface area (Å²) in [4.78, 5) is 24.7. The van der Waals surface area contributed by atoms with E-state index in [1.54, 1.807) is 30.3 Å². The molecule has 0 saturated heterocycles. The summed E-state index contributed by atoms with van der Waals surface area (Å²) in [6.07, 6.45) is 0. The second-order valence-electron chi connectivity index (χ2n) is 6.64. The molecule has 162 valence electrons. The largest absolute Gasteiger partial charge is 0.465 e. The average molecular weight is 524 g/mol. The topological polar surface area (TPSA) is 61.2 Å². The van der Waals surface area contributed by atoms with Gasteiger partial charge in [0.05, 0.1) is 28.8 Å². The SMILES string of the molecule is COC(=O)c1ccc(-c2nn(C(=O)c3cc(Cl)c(F)c(F)c3F)c3cc(Br)ccc23)cc1. The van der Waals surface area contributed by atoms with Crippen molar-refractivity contribution in [3.05, 3.63) is 86.6 Å². The minimum Gasteiger partial charge on any atom is -0.465 e. The van der Waals surface area contributed by atoms with Crippen LogP contribution in [0.25, 0.3) is 22.2 Å². The Morgan fingerprint density at radius 3 is 2.34 bits per heavy atom. The van der Waals surface area contributed by atoms with Crippen LogP contribution in [0.4, 0.5) is 13.2 Å². The third kappa shape index (κ3) is 3.67. The standard InChI is InChI=1S/C22H11BrClF3N2O3/c1-32-22(31)11-4-2-10(3-5-11)20-13-7-6-12(23)8-16(13)29(28-20)21(30)14-9-15(24)18(26)19(27)17(14)25/h2-9H,1H3. The predicted octanol–water partition coefficient (Wildman–Crippen LogP) is 6.01. The Kier molecular flexibility index (Phi) is 5.79. The van der Waals surface area contributed by atoms with Crippen LogP contribution in [0.2, 0.25) is 5.02 Å². The summed E-state index contributed by atoms with van der Waals surface area (Å²) in [6.45, 7) is 0. The molecule has 0 unspecified atom stereocenters. The van der Waals surface area contributed by atoms with Crippen LogP contribution in [-0.4, -0.2) is 28.8 Å². The third-order valence-electron chi connectivity index (χ3n) is 4.75. The van der Waals surface area contributed by atoms with Crippen LogP contribution in [0.1, 0.15) is 20.7 Å². The van der Waals surface area contributed by atoms with E-state index in [-0.39, 0.29) is 5.52 Å². The van der Waals surface area contributed by atoms with Crippen molar-refractivity contribution in [2.75, 3.05) is 7.11 Å². The first kappa shape index (κ1) is 22.0. The van der Waals surface area contributed by atoms with Gasteiger partial charge in [0.15, 0.2) is 17.5 Å². The van der Waals surface area contributed by atoms with Crippen molar-refractivity contribution < 1.29 is 27.5 Å². The number of halogens is 5. The lowest BCUT2D eigenvalue weighted by atomic mass is 10.1.